The van der Waals surface area contributed by atoms with E-state index in [1.54, 1.807) is 0 Å². The average molecular weight is 355 g/mol. The molecule has 1 aromatic rings. The highest BCUT2D eigenvalue weighted by atomic mass is 32.2. The summed E-state index contributed by atoms with van der Waals surface area (Å²) in [7, 11) is 0. The Hall–Kier alpha value is -2.10. The van der Waals surface area contributed by atoms with Gasteiger partial charge in [0.25, 0.3) is 5.56 Å². The Bertz CT molecular complexity index is 657. The molecule has 1 aliphatic rings. The molecule has 2 rings (SSSR count). The van der Waals surface area contributed by atoms with Crippen LogP contribution >= 0.6 is 11.8 Å². The van der Waals surface area contributed by atoms with Gasteiger partial charge in [0.15, 0.2) is 0 Å². The number of carbonyl (C=O) groups excluding carboxylic acids is 1. The molecule has 0 unspecified atom stereocenters. The van der Waals surface area contributed by atoms with Crippen molar-refractivity contribution in [2.75, 3.05) is 11.6 Å². The number of nitrogens with two attached hydrogens (primary N) is 1. The molecular weight excluding hydrogens is 334 g/mol. The summed E-state index contributed by atoms with van der Waals surface area (Å²) < 4.78 is 0.808. The van der Waals surface area contributed by atoms with Crippen molar-refractivity contribution in [1.82, 2.24) is 20.2 Å². The molecule has 9 nitrogen and oxygen atoms in total. The van der Waals surface area contributed by atoms with Crippen molar-refractivity contribution >= 4 is 23.6 Å². The van der Waals surface area contributed by atoms with Crippen LogP contribution in [0.3, 0.4) is 0 Å². The number of aliphatic carboxylic acids is 1. The largest absolute Gasteiger partial charge is 0.481 e. The van der Waals surface area contributed by atoms with Gasteiger partial charge in [0.1, 0.15) is 5.69 Å². The van der Waals surface area contributed by atoms with Gasteiger partial charge in [-0.15, -0.1) is 10.2 Å². The second-order valence-electron chi connectivity index (χ2n) is 5.69. The van der Waals surface area contributed by atoms with E-state index in [9.17, 15) is 14.4 Å². The zero-order chi connectivity index (χ0) is 17.5. The summed E-state index contributed by atoms with van der Waals surface area (Å²) >= 11 is 1.03. The maximum Gasteiger partial charge on any atom is 0.303 e. The molecule has 1 fully saturated rings. The van der Waals surface area contributed by atoms with E-state index in [2.05, 4.69) is 15.5 Å². The first-order valence-electron chi connectivity index (χ1n) is 7.85. The van der Waals surface area contributed by atoms with Crippen molar-refractivity contribution in [3.05, 3.63) is 16.0 Å². The van der Waals surface area contributed by atoms with Crippen LogP contribution in [0.4, 0.5) is 0 Å². The number of amides is 1. The minimum Gasteiger partial charge on any atom is -0.481 e. The second-order valence-corrected chi connectivity index (χ2v) is 6.63. The molecule has 1 saturated carbocycles. The fourth-order valence-corrected chi connectivity index (χ4v) is 3.21. The maximum atomic E-state index is 12.0. The molecule has 1 heterocycles. The number of nitrogens with one attached hydrogen (secondary N) is 1. The lowest BCUT2D eigenvalue weighted by molar-refractivity contribution is -0.137. The molecule has 1 aliphatic carbocycles. The Balaban J connectivity index is 1.90. The lowest BCUT2D eigenvalue weighted by Gasteiger charge is -2.22. The summed E-state index contributed by atoms with van der Waals surface area (Å²) in [4.78, 5) is 34.5. The van der Waals surface area contributed by atoms with Crippen LogP contribution in [0, 0.1) is 0 Å². The molecule has 0 bridgehead atoms. The Kier molecular flexibility index (Phi) is 6.59. The lowest BCUT2D eigenvalue weighted by atomic mass is 9.95. The van der Waals surface area contributed by atoms with Crippen LogP contribution in [0.2, 0.25) is 0 Å². The predicted octanol–water partition coefficient (Wildman–Crippen LogP) is -0.0897. The predicted molar refractivity (Wildman–Crippen MR) is 88.1 cm³/mol. The number of carbonyl (C=O) groups is 2. The fraction of sp³-hybridized carbons (Fsp3) is 0.643. The van der Waals surface area contributed by atoms with E-state index in [-0.39, 0.29) is 41.4 Å². The third kappa shape index (κ3) is 5.22. The smallest absolute Gasteiger partial charge is 0.303 e. The average Bonchev–Trinajstić information content (AvgIpc) is 2.56. The van der Waals surface area contributed by atoms with Crippen molar-refractivity contribution in [3.8, 4) is 0 Å². The third-order valence-electron chi connectivity index (χ3n) is 3.81. The van der Waals surface area contributed by atoms with Crippen molar-refractivity contribution in [3.63, 3.8) is 0 Å². The molecule has 0 spiro atoms. The van der Waals surface area contributed by atoms with E-state index in [4.69, 9.17) is 10.9 Å². The highest BCUT2D eigenvalue weighted by Gasteiger charge is 2.17. The van der Waals surface area contributed by atoms with E-state index in [0.717, 1.165) is 42.1 Å². The van der Waals surface area contributed by atoms with Crippen LogP contribution in [-0.4, -0.2) is 43.7 Å². The monoisotopic (exact) mass is 355 g/mol. The first-order valence-corrected chi connectivity index (χ1v) is 8.83. The van der Waals surface area contributed by atoms with Crippen LogP contribution in [0.5, 0.6) is 0 Å². The Morgan fingerprint density at radius 1 is 1.29 bits per heavy atom. The summed E-state index contributed by atoms with van der Waals surface area (Å²) in [5, 5.41) is 19.3. The number of thioether (sulfide) groups is 1. The highest BCUT2D eigenvalue weighted by molar-refractivity contribution is 7.99. The minimum atomic E-state index is -1.03. The number of carboxylic acid groups (broad SMARTS) is 1. The quantitative estimate of drug-likeness (QED) is 0.455. The minimum absolute atomic E-state index is 0.00379. The Morgan fingerprint density at radius 2 is 2.00 bits per heavy atom. The van der Waals surface area contributed by atoms with Gasteiger partial charge >= 0.3 is 5.97 Å². The number of rotatable bonds is 7. The van der Waals surface area contributed by atoms with Crippen molar-refractivity contribution < 1.29 is 14.7 Å². The molecule has 1 amide bonds. The van der Waals surface area contributed by atoms with Crippen molar-refractivity contribution in [2.24, 2.45) is 0 Å². The van der Waals surface area contributed by atoms with Gasteiger partial charge in [0, 0.05) is 12.5 Å². The number of aromatic nitrogens is 3. The number of hydrogen-bond donors (Lipinski definition) is 3. The van der Waals surface area contributed by atoms with Crippen LogP contribution in [0.25, 0.3) is 0 Å². The first-order chi connectivity index (χ1) is 11.5. The third-order valence-corrected chi connectivity index (χ3v) is 4.75. The summed E-state index contributed by atoms with van der Waals surface area (Å²) in [6.07, 6.45) is 5.20. The summed E-state index contributed by atoms with van der Waals surface area (Å²) in [6.45, 7) is 0. The van der Waals surface area contributed by atoms with Crippen LogP contribution in [0.1, 0.15) is 44.2 Å². The summed E-state index contributed by atoms with van der Waals surface area (Å²) in [6, 6.07) is 0.219. The van der Waals surface area contributed by atoms with E-state index in [1.165, 1.54) is 6.42 Å². The number of carboxylic acids is 1. The molecule has 0 aliphatic heterocycles. The molecule has 24 heavy (non-hydrogen) atoms. The van der Waals surface area contributed by atoms with Crippen LogP contribution in [-0.2, 0) is 16.0 Å². The Labute approximate surface area is 143 Å². The molecule has 0 radical (unpaired) electrons. The molecular formula is C14H21N5O4S. The van der Waals surface area contributed by atoms with Gasteiger partial charge in [0.2, 0.25) is 11.1 Å². The van der Waals surface area contributed by atoms with Crippen LogP contribution in [0.15, 0.2) is 9.95 Å². The number of aryl methyl sites for hydroxylation is 1. The van der Waals surface area contributed by atoms with Gasteiger partial charge in [-0.2, -0.15) is 4.68 Å². The molecule has 0 saturated heterocycles. The van der Waals surface area contributed by atoms with Crippen LogP contribution < -0.4 is 16.7 Å². The molecule has 132 valence electrons. The molecule has 10 heteroatoms. The van der Waals surface area contributed by atoms with Gasteiger partial charge in [-0.25, -0.2) is 0 Å². The number of nitrogen functional groups attached to an aromatic ring is 1. The fourth-order valence-electron chi connectivity index (χ4n) is 2.55. The van der Waals surface area contributed by atoms with Gasteiger partial charge in [0.05, 0.1) is 12.2 Å². The Morgan fingerprint density at radius 3 is 2.67 bits per heavy atom. The molecule has 0 atom stereocenters. The number of nitrogens with zero attached hydrogens (tertiary/aromatic N) is 3. The first kappa shape index (κ1) is 18.2. The van der Waals surface area contributed by atoms with Gasteiger partial charge < -0.3 is 16.3 Å². The SMILES string of the molecule is Nn1c(SCC(=O)NC2CCCCC2)nnc(CCC(=O)O)c1=O. The second kappa shape index (κ2) is 8.67. The van der Waals surface area contributed by atoms with E-state index in [0.29, 0.717) is 0 Å². The van der Waals surface area contributed by atoms with E-state index < -0.39 is 11.5 Å². The zero-order valence-corrected chi connectivity index (χ0v) is 14.0. The van der Waals surface area contributed by atoms with Crippen molar-refractivity contribution in [2.45, 2.75) is 56.1 Å². The summed E-state index contributed by atoms with van der Waals surface area (Å²) in [5.74, 6) is 4.60. The van der Waals surface area contributed by atoms with Gasteiger partial charge in [-0.05, 0) is 12.8 Å². The maximum absolute atomic E-state index is 12.0. The molecule has 1 aromatic heterocycles. The van der Waals surface area contributed by atoms with Gasteiger partial charge in [-0.3, -0.25) is 14.4 Å². The lowest BCUT2D eigenvalue weighted by Crippen LogP contribution is -2.38. The zero-order valence-electron chi connectivity index (χ0n) is 13.2. The standard InChI is InChI=1S/C14H21N5O4S/c15-19-13(23)10(6-7-12(21)22)17-18-14(19)24-8-11(20)16-9-4-2-1-3-5-9/h9H,1-8,15H2,(H,16,20)(H,21,22). The van der Waals surface area contributed by atoms with E-state index >= 15 is 0 Å². The van der Waals surface area contributed by atoms with E-state index in [1.807, 2.05) is 0 Å². The number of hydrogen-bond acceptors (Lipinski definition) is 7. The highest BCUT2D eigenvalue weighted by Crippen LogP contribution is 2.18. The van der Waals surface area contributed by atoms with Crippen molar-refractivity contribution in [1.29, 1.82) is 0 Å². The topological polar surface area (TPSA) is 140 Å². The summed E-state index contributed by atoms with van der Waals surface area (Å²) in [5.41, 5.74) is -0.600. The van der Waals surface area contributed by atoms with Gasteiger partial charge in [-0.1, -0.05) is 31.0 Å². The molecule has 0 aromatic carbocycles. The normalized spacial score (nSPS) is 15.2. The molecule has 4 N–H and O–H groups in total.